The van der Waals surface area contributed by atoms with E-state index >= 15 is 0 Å². The quantitative estimate of drug-likeness (QED) is 0.845. The Morgan fingerprint density at radius 3 is 2.42 bits per heavy atom. The van der Waals surface area contributed by atoms with Gasteiger partial charge in [0.25, 0.3) is 0 Å². The number of nitrogens with one attached hydrogen (secondary N) is 2. The summed E-state index contributed by atoms with van der Waals surface area (Å²) in [5, 5.41) is 2.20. The molecule has 0 aromatic heterocycles. The number of rotatable bonds is 5. The number of carbonyl (C=O) groups excluding carboxylic acids is 1. The molecule has 0 fully saturated rings. The normalized spacial score (nSPS) is 12.7. The number of amides is 1. The highest BCUT2D eigenvalue weighted by Crippen LogP contribution is 2.19. The van der Waals surface area contributed by atoms with Gasteiger partial charge >= 0.3 is 0 Å². The maximum Gasteiger partial charge on any atom is 0.244 e. The minimum atomic E-state index is -4.21. The Kier molecular flexibility index (Phi) is 5.53. The first-order valence-corrected chi connectivity index (χ1v) is 8.59. The van der Waals surface area contributed by atoms with Crippen molar-refractivity contribution in [1.82, 2.24) is 4.72 Å². The van der Waals surface area contributed by atoms with Crippen LogP contribution in [-0.4, -0.2) is 20.4 Å². The molecule has 0 saturated heterocycles. The summed E-state index contributed by atoms with van der Waals surface area (Å²) < 4.78 is 53.0. The second-order valence-corrected chi connectivity index (χ2v) is 6.98. The highest BCUT2D eigenvalue weighted by Gasteiger charge is 2.24. The molecule has 0 aliphatic rings. The average molecular weight is 375 g/mol. The number of benzene rings is 2. The first-order chi connectivity index (χ1) is 11.2. The van der Waals surface area contributed by atoms with E-state index < -0.39 is 38.5 Å². The Labute approximate surface area is 142 Å². The van der Waals surface area contributed by atoms with Crippen LogP contribution in [0.2, 0.25) is 5.02 Å². The van der Waals surface area contributed by atoms with Crippen molar-refractivity contribution in [2.75, 3.05) is 5.32 Å². The van der Waals surface area contributed by atoms with Crippen molar-refractivity contribution >= 4 is 33.2 Å². The van der Waals surface area contributed by atoms with Gasteiger partial charge in [0.05, 0.1) is 11.1 Å². The zero-order valence-electron chi connectivity index (χ0n) is 12.4. The van der Waals surface area contributed by atoms with Crippen molar-refractivity contribution in [3.63, 3.8) is 0 Å². The third-order valence-corrected chi connectivity index (χ3v) is 4.90. The number of hydrogen-bond donors (Lipinski definition) is 2. The molecule has 2 N–H and O–H groups in total. The molecule has 2 rings (SSSR count). The SMILES string of the molecule is C[C@H](NS(=O)(=O)c1ccccc1F)C(=O)Nc1ccc(F)c(Cl)c1. The molecular formula is C15H13ClF2N2O3S. The standard InChI is InChI=1S/C15H13ClF2N2O3S/c1-9(15(21)19-10-6-7-12(17)11(16)8-10)20-24(22,23)14-5-3-2-4-13(14)18/h2-9,20H,1H3,(H,19,21)/t9-/m0/s1. The average Bonchev–Trinajstić information content (AvgIpc) is 2.50. The second kappa shape index (κ2) is 7.25. The lowest BCUT2D eigenvalue weighted by Crippen LogP contribution is -2.41. The molecule has 24 heavy (non-hydrogen) atoms. The number of carbonyl (C=O) groups is 1. The first kappa shape index (κ1) is 18.3. The number of halogens is 3. The predicted octanol–water partition coefficient (Wildman–Crippen LogP) is 2.92. The largest absolute Gasteiger partial charge is 0.325 e. The van der Waals surface area contributed by atoms with Crippen molar-refractivity contribution in [3.8, 4) is 0 Å². The number of sulfonamides is 1. The van der Waals surface area contributed by atoms with E-state index in [9.17, 15) is 22.0 Å². The maximum absolute atomic E-state index is 13.6. The highest BCUT2D eigenvalue weighted by molar-refractivity contribution is 7.89. The van der Waals surface area contributed by atoms with Gasteiger partial charge in [-0.2, -0.15) is 4.72 Å². The van der Waals surface area contributed by atoms with E-state index in [1.165, 1.54) is 31.2 Å². The smallest absolute Gasteiger partial charge is 0.244 e. The summed E-state index contributed by atoms with van der Waals surface area (Å²) in [6.07, 6.45) is 0. The molecule has 5 nitrogen and oxygen atoms in total. The Morgan fingerprint density at radius 2 is 1.79 bits per heavy atom. The Bertz CT molecular complexity index is 875. The van der Waals surface area contributed by atoms with E-state index in [4.69, 9.17) is 11.6 Å². The first-order valence-electron chi connectivity index (χ1n) is 6.73. The summed E-state index contributed by atoms with van der Waals surface area (Å²) in [7, 11) is -4.21. The van der Waals surface area contributed by atoms with Gasteiger partial charge in [-0.25, -0.2) is 17.2 Å². The molecule has 0 bridgehead atoms. The van der Waals surface area contributed by atoms with Crippen LogP contribution in [0.5, 0.6) is 0 Å². The van der Waals surface area contributed by atoms with Gasteiger partial charge in [-0.1, -0.05) is 23.7 Å². The maximum atomic E-state index is 13.6. The molecule has 0 unspecified atom stereocenters. The molecule has 0 aliphatic carbocycles. The van der Waals surface area contributed by atoms with E-state index in [-0.39, 0.29) is 10.7 Å². The van der Waals surface area contributed by atoms with Gasteiger partial charge in [-0.15, -0.1) is 0 Å². The zero-order chi connectivity index (χ0) is 17.9. The van der Waals surface area contributed by atoms with Gasteiger partial charge in [0.2, 0.25) is 15.9 Å². The monoisotopic (exact) mass is 374 g/mol. The number of hydrogen-bond acceptors (Lipinski definition) is 3. The highest BCUT2D eigenvalue weighted by atomic mass is 35.5. The Morgan fingerprint density at radius 1 is 1.12 bits per heavy atom. The van der Waals surface area contributed by atoms with Crippen LogP contribution >= 0.6 is 11.6 Å². The molecule has 0 spiro atoms. The van der Waals surface area contributed by atoms with E-state index in [0.717, 1.165) is 18.2 Å². The van der Waals surface area contributed by atoms with Crippen LogP contribution in [0.4, 0.5) is 14.5 Å². The summed E-state index contributed by atoms with van der Waals surface area (Å²) in [4.78, 5) is 11.5. The van der Waals surface area contributed by atoms with Crippen LogP contribution in [0.3, 0.4) is 0 Å². The minimum absolute atomic E-state index is 0.188. The van der Waals surface area contributed by atoms with Crippen molar-refractivity contribution in [1.29, 1.82) is 0 Å². The molecule has 0 heterocycles. The third-order valence-electron chi connectivity index (χ3n) is 3.04. The summed E-state index contributed by atoms with van der Waals surface area (Å²) in [5.74, 6) is -2.29. The Hall–Kier alpha value is -2.03. The zero-order valence-corrected chi connectivity index (χ0v) is 14.0. The molecule has 0 saturated carbocycles. The summed E-state index contributed by atoms with van der Waals surface area (Å²) in [6.45, 7) is 1.29. The fraction of sp³-hybridized carbons (Fsp3) is 0.133. The molecular weight excluding hydrogens is 362 g/mol. The van der Waals surface area contributed by atoms with Crippen LogP contribution < -0.4 is 10.0 Å². The van der Waals surface area contributed by atoms with Crippen molar-refractivity contribution in [2.45, 2.75) is 17.9 Å². The molecule has 1 amide bonds. The topological polar surface area (TPSA) is 75.3 Å². The minimum Gasteiger partial charge on any atom is -0.325 e. The predicted molar refractivity (Wildman–Crippen MR) is 86.2 cm³/mol. The fourth-order valence-electron chi connectivity index (χ4n) is 1.84. The Balaban J connectivity index is 2.11. The van der Waals surface area contributed by atoms with Crippen LogP contribution in [0.25, 0.3) is 0 Å². The molecule has 1 atom stereocenters. The van der Waals surface area contributed by atoms with Gasteiger partial charge < -0.3 is 5.32 Å². The van der Waals surface area contributed by atoms with E-state index in [0.29, 0.717) is 0 Å². The van der Waals surface area contributed by atoms with Gasteiger partial charge in [0, 0.05) is 5.69 Å². The van der Waals surface area contributed by atoms with Crippen LogP contribution in [0, 0.1) is 11.6 Å². The lowest BCUT2D eigenvalue weighted by molar-refractivity contribution is -0.117. The second-order valence-electron chi connectivity index (χ2n) is 4.89. The summed E-state index contributed by atoms with van der Waals surface area (Å²) in [5.41, 5.74) is 0.198. The third kappa shape index (κ3) is 4.28. The van der Waals surface area contributed by atoms with E-state index in [1.54, 1.807) is 0 Å². The molecule has 128 valence electrons. The van der Waals surface area contributed by atoms with Gasteiger partial charge in [-0.3, -0.25) is 4.79 Å². The van der Waals surface area contributed by atoms with Crippen LogP contribution in [0.15, 0.2) is 47.4 Å². The molecule has 0 radical (unpaired) electrons. The van der Waals surface area contributed by atoms with Crippen molar-refractivity contribution in [2.24, 2.45) is 0 Å². The molecule has 0 aliphatic heterocycles. The van der Waals surface area contributed by atoms with Gasteiger partial charge in [0.15, 0.2) is 0 Å². The van der Waals surface area contributed by atoms with Crippen LogP contribution in [0.1, 0.15) is 6.92 Å². The summed E-state index contributed by atoms with van der Waals surface area (Å²) >= 11 is 5.60. The van der Waals surface area contributed by atoms with Gasteiger partial charge in [-0.05, 0) is 37.3 Å². The van der Waals surface area contributed by atoms with Crippen molar-refractivity contribution in [3.05, 3.63) is 59.1 Å². The molecule has 2 aromatic rings. The molecule has 2 aromatic carbocycles. The van der Waals surface area contributed by atoms with Gasteiger partial charge in [0.1, 0.15) is 16.5 Å². The van der Waals surface area contributed by atoms with E-state index in [2.05, 4.69) is 10.0 Å². The fourth-order valence-corrected chi connectivity index (χ4v) is 3.30. The summed E-state index contributed by atoms with van der Waals surface area (Å²) in [6, 6.07) is 7.13. The number of anilines is 1. The lowest BCUT2D eigenvalue weighted by atomic mass is 10.3. The lowest BCUT2D eigenvalue weighted by Gasteiger charge is -2.15. The van der Waals surface area contributed by atoms with Crippen LogP contribution in [-0.2, 0) is 14.8 Å². The van der Waals surface area contributed by atoms with Crippen molar-refractivity contribution < 1.29 is 22.0 Å². The van der Waals surface area contributed by atoms with E-state index in [1.807, 2.05) is 0 Å². The molecule has 9 heteroatoms.